The second kappa shape index (κ2) is 7.90. The van der Waals surface area contributed by atoms with Crippen molar-refractivity contribution in [2.45, 2.75) is 77.4 Å². The predicted octanol–water partition coefficient (Wildman–Crippen LogP) is 4.54. The lowest BCUT2D eigenvalue weighted by Crippen LogP contribution is -2.59. The van der Waals surface area contributed by atoms with E-state index in [0.29, 0.717) is 0 Å². The third-order valence-electron chi connectivity index (χ3n) is 7.26. The zero-order valence-electron chi connectivity index (χ0n) is 17.0. The summed E-state index contributed by atoms with van der Waals surface area (Å²) in [5, 5.41) is 0. The van der Waals surface area contributed by atoms with Crippen molar-refractivity contribution in [1.29, 1.82) is 0 Å². The monoisotopic (exact) mass is 356 g/mol. The van der Waals surface area contributed by atoms with Crippen LogP contribution < -0.4 is 4.74 Å². The molecule has 4 rings (SSSR count). The highest BCUT2D eigenvalue weighted by Crippen LogP contribution is 2.38. The molecular formula is C23H36N2O. The molecule has 1 aromatic carbocycles. The minimum absolute atomic E-state index is 0.772. The number of methoxy groups -OCH3 is 1. The first-order valence-electron chi connectivity index (χ1n) is 10.8. The zero-order chi connectivity index (χ0) is 18.1. The van der Waals surface area contributed by atoms with Crippen molar-refractivity contribution in [3.8, 4) is 5.75 Å². The third kappa shape index (κ3) is 3.53. The van der Waals surface area contributed by atoms with Gasteiger partial charge < -0.3 is 4.74 Å². The number of hydrogen-bond acceptors (Lipinski definition) is 3. The predicted molar refractivity (Wildman–Crippen MR) is 108 cm³/mol. The van der Waals surface area contributed by atoms with Gasteiger partial charge in [-0.15, -0.1) is 0 Å². The summed E-state index contributed by atoms with van der Waals surface area (Å²) in [6, 6.07) is 6.18. The van der Waals surface area contributed by atoms with Crippen LogP contribution in [-0.4, -0.2) is 48.6 Å². The fourth-order valence-corrected chi connectivity index (χ4v) is 5.90. The van der Waals surface area contributed by atoms with E-state index < -0.39 is 0 Å². The summed E-state index contributed by atoms with van der Waals surface area (Å²) < 4.78 is 5.52. The van der Waals surface area contributed by atoms with Gasteiger partial charge in [0.1, 0.15) is 5.75 Å². The lowest BCUT2D eigenvalue weighted by molar-refractivity contribution is -0.00390. The van der Waals surface area contributed by atoms with Crippen LogP contribution in [0, 0.1) is 19.8 Å². The van der Waals surface area contributed by atoms with E-state index in [1.165, 1.54) is 81.3 Å². The van der Waals surface area contributed by atoms with Gasteiger partial charge in [-0.1, -0.05) is 25.3 Å². The SMILES string of the molecule is COc1cc(C)c(CN2CCN3CCC[C@@H]3[C@@H]2C2CCCCC2)cc1C. The summed E-state index contributed by atoms with van der Waals surface area (Å²) in [6.07, 6.45) is 10.1. The van der Waals surface area contributed by atoms with E-state index in [9.17, 15) is 0 Å². The third-order valence-corrected chi connectivity index (χ3v) is 7.26. The second-order valence-electron chi connectivity index (χ2n) is 8.85. The first-order chi connectivity index (χ1) is 12.7. The zero-order valence-corrected chi connectivity index (χ0v) is 17.0. The van der Waals surface area contributed by atoms with E-state index in [4.69, 9.17) is 4.74 Å². The van der Waals surface area contributed by atoms with Crippen LogP contribution in [0.2, 0.25) is 0 Å². The fraction of sp³-hybridized carbons (Fsp3) is 0.739. The van der Waals surface area contributed by atoms with Gasteiger partial charge in [0.25, 0.3) is 0 Å². The molecule has 0 radical (unpaired) electrons. The number of aryl methyl sites for hydroxylation is 2. The standard InChI is InChI=1S/C23H36N2O/c1-17-15-22(26-3)18(2)14-20(17)16-25-13-12-24-11-7-10-21(24)23(25)19-8-5-4-6-9-19/h14-15,19,21,23H,4-13,16H2,1-3H3/t21-,23+/m1/s1. The Kier molecular flexibility index (Phi) is 5.56. The smallest absolute Gasteiger partial charge is 0.122 e. The Balaban J connectivity index is 1.58. The van der Waals surface area contributed by atoms with E-state index >= 15 is 0 Å². The molecule has 0 spiro atoms. The van der Waals surface area contributed by atoms with E-state index in [1.807, 2.05) is 0 Å². The Morgan fingerprint density at radius 2 is 1.73 bits per heavy atom. The van der Waals surface area contributed by atoms with Gasteiger partial charge in [-0.05, 0) is 74.8 Å². The van der Waals surface area contributed by atoms with Crippen LogP contribution in [0.25, 0.3) is 0 Å². The minimum Gasteiger partial charge on any atom is -0.496 e. The molecule has 2 atom stereocenters. The molecule has 3 heteroatoms. The van der Waals surface area contributed by atoms with Gasteiger partial charge in [-0.3, -0.25) is 9.80 Å². The van der Waals surface area contributed by atoms with Crippen LogP contribution in [-0.2, 0) is 6.54 Å². The molecule has 0 unspecified atom stereocenters. The number of hydrogen-bond donors (Lipinski definition) is 0. The van der Waals surface area contributed by atoms with Gasteiger partial charge in [0.05, 0.1) is 7.11 Å². The number of benzene rings is 1. The summed E-state index contributed by atoms with van der Waals surface area (Å²) in [7, 11) is 1.78. The van der Waals surface area contributed by atoms with Crippen LogP contribution in [0.3, 0.4) is 0 Å². The average Bonchev–Trinajstić information content (AvgIpc) is 3.13. The van der Waals surface area contributed by atoms with Crippen molar-refractivity contribution < 1.29 is 4.74 Å². The maximum absolute atomic E-state index is 5.52. The largest absolute Gasteiger partial charge is 0.496 e. The van der Waals surface area contributed by atoms with E-state index in [0.717, 1.165) is 30.3 Å². The highest BCUT2D eigenvalue weighted by atomic mass is 16.5. The molecule has 2 heterocycles. The van der Waals surface area contributed by atoms with Crippen LogP contribution in [0.1, 0.15) is 61.6 Å². The molecule has 0 aromatic heterocycles. The van der Waals surface area contributed by atoms with Crippen LogP contribution in [0.15, 0.2) is 12.1 Å². The lowest BCUT2D eigenvalue weighted by atomic mass is 9.78. The first kappa shape index (κ1) is 18.3. The van der Waals surface area contributed by atoms with Gasteiger partial charge >= 0.3 is 0 Å². The lowest BCUT2D eigenvalue weighted by Gasteiger charge is -2.49. The molecular weight excluding hydrogens is 320 g/mol. The average molecular weight is 357 g/mol. The minimum atomic E-state index is 0.772. The van der Waals surface area contributed by atoms with Crippen molar-refractivity contribution in [3.05, 3.63) is 28.8 Å². The molecule has 26 heavy (non-hydrogen) atoms. The second-order valence-corrected chi connectivity index (χ2v) is 8.85. The summed E-state index contributed by atoms with van der Waals surface area (Å²) >= 11 is 0. The normalized spacial score (nSPS) is 28.3. The molecule has 0 amide bonds. The van der Waals surface area contributed by atoms with Gasteiger partial charge in [-0.25, -0.2) is 0 Å². The van der Waals surface area contributed by atoms with Crippen LogP contribution >= 0.6 is 0 Å². The highest BCUT2D eigenvalue weighted by Gasteiger charge is 2.42. The quantitative estimate of drug-likeness (QED) is 0.788. The molecule has 0 bridgehead atoms. The van der Waals surface area contributed by atoms with Crippen molar-refractivity contribution >= 4 is 0 Å². The van der Waals surface area contributed by atoms with Crippen LogP contribution in [0.5, 0.6) is 5.75 Å². The van der Waals surface area contributed by atoms with Gasteiger partial charge in [0, 0.05) is 31.7 Å². The first-order valence-corrected chi connectivity index (χ1v) is 10.8. The maximum Gasteiger partial charge on any atom is 0.122 e. The molecule has 0 N–H and O–H groups in total. The van der Waals surface area contributed by atoms with Crippen molar-refractivity contribution in [3.63, 3.8) is 0 Å². The van der Waals surface area contributed by atoms with E-state index in [1.54, 1.807) is 7.11 Å². The summed E-state index contributed by atoms with van der Waals surface area (Å²) in [4.78, 5) is 5.67. The number of ether oxygens (including phenoxy) is 1. The highest BCUT2D eigenvalue weighted by molar-refractivity contribution is 5.41. The van der Waals surface area contributed by atoms with Gasteiger partial charge in [0.2, 0.25) is 0 Å². The number of rotatable bonds is 4. The molecule has 3 fully saturated rings. The molecule has 1 aliphatic carbocycles. The number of piperazine rings is 1. The molecule has 3 nitrogen and oxygen atoms in total. The van der Waals surface area contributed by atoms with E-state index in [2.05, 4.69) is 35.8 Å². The van der Waals surface area contributed by atoms with Crippen molar-refractivity contribution in [2.24, 2.45) is 5.92 Å². The molecule has 3 aliphatic rings. The fourth-order valence-electron chi connectivity index (χ4n) is 5.90. The molecule has 2 aliphatic heterocycles. The molecule has 144 valence electrons. The Morgan fingerprint density at radius 1 is 0.923 bits per heavy atom. The van der Waals surface area contributed by atoms with Crippen LogP contribution in [0.4, 0.5) is 0 Å². The summed E-state index contributed by atoms with van der Waals surface area (Å²) in [6.45, 7) is 9.38. The van der Waals surface area contributed by atoms with Crippen molar-refractivity contribution in [2.75, 3.05) is 26.7 Å². The summed E-state index contributed by atoms with van der Waals surface area (Å²) in [5.41, 5.74) is 4.14. The Morgan fingerprint density at radius 3 is 2.50 bits per heavy atom. The number of nitrogens with zero attached hydrogens (tertiary/aromatic N) is 2. The summed E-state index contributed by atoms with van der Waals surface area (Å²) in [5.74, 6) is 1.94. The van der Waals surface area contributed by atoms with E-state index in [-0.39, 0.29) is 0 Å². The maximum atomic E-state index is 5.52. The molecule has 2 saturated heterocycles. The molecule has 1 saturated carbocycles. The molecule has 1 aromatic rings. The number of fused-ring (bicyclic) bond motifs is 1. The topological polar surface area (TPSA) is 15.7 Å². The Hall–Kier alpha value is -1.06. The van der Waals surface area contributed by atoms with Gasteiger partial charge in [-0.2, -0.15) is 0 Å². The Labute approximate surface area is 159 Å². The Bertz CT molecular complexity index is 623. The van der Waals surface area contributed by atoms with Gasteiger partial charge in [0.15, 0.2) is 0 Å². The van der Waals surface area contributed by atoms with Crippen molar-refractivity contribution in [1.82, 2.24) is 9.80 Å².